The molecule has 2 aromatic rings. The molecule has 0 atom stereocenters. The Morgan fingerprint density at radius 3 is 2.55 bits per heavy atom. The van der Waals surface area contributed by atoms with Gasteiger partial charge in [-0.1, -0.05) is 13.8 Å². The van der Waals surface area contributed by atoms with Crippen LogP contribution < -0.4 is 0 Å². The lowest BCUT2D eigenvalue weighted by atomic mass is 10.3. The topological polar surface area (TPSA) is 37.4 Å². The molecule has 2 heterocycles. The molecule has 2 aromatic heterocycles. The fourth-order valence-electron chi connectivity index (χ4n) is 1.93. The van der Waals surface area contributed by atoms with Crippen molar-refractivity contribution < 1.29 is 8.42 Å². The van der Waals surface area contributed by atoms with Crippen LogP contribution in [0.25, 0.3) is 0 Å². The van der Waals surface area contributed by atoms with Crippen molar-refractivity contribution in [2.75, 3.05) is 6.54 Å². The van der Waals surface area contributed by atoms with Crippen LogP contribution in [0.4, 0.5) is 0 Å². The van der Waals surface area contributed by atoms with E-state index in [-0.39, 0.29) is 0 Å². The highest BCUT2D eigenvalue weighted by molar-refractivity contribution is 7.91. The molecule has 0 aromatic carbocycles. The molecule has 0 aliphatic carbocycles. The van der Waals surface area contributed by atoms with Crippen LogP contribution in [-0.2, 0) is 23.0 Å². The second-order valence-electron chi connectivity index (χ2n) is 4.54. The zero-order valence-corrected chi connectivity index (χ0v) is 14.2. The van der Waals surface area contributed by atoms with Crippen molar-refractivity contribution in [1.29, 1.82) is 0 Å². The highest BCUT2D eigenvalue weighted by Gasteiger charge is 2.25. The standard InChI is InChI=1S/C14H19NO2S3/c1-3-8-15(10-12-7-9-18-11-12)20(16,17)14-6-5-13(4-2)19-14/h5-7,9,11H,3-4,8,10H2,1-2H3. The molecule has 0 saturated heterocycles. The molecule has 0 radical (unpaired) electrons. The summed E-state index contributed by atoms with van der Waals surface area (Å²) in [5.74, 6) is 0. The van der Waals surface area contributed by atoms with Crippen LogP contribution >= 0.6 is 22.7 Å². The molecule has 20 heavy (non-hydrogen) atoms. The predicted molar refractivity (Wildman–Crippen MR) is 85.9 cm³/mol. The average Bonchev–Trinajstić information content (AvgIpc) is 3.09. The zero-order chi connectivity index (χ0) is 14.6. The quantitative estimate of drug-likeness (QED) is 0.770. The van der Waals surface area contributed by atoms with Crippen LogP contribution in [0.15, 0.2) is 33.2 Å². The molecule has 110 valence electrons. The molecule has 6 heteroatoms. The summed E-state index contributed by atoms with van der Waals surface area (Å²) in [6, 6.07) is 5.62. The molecule has 0 aliphatic heterocycles. The Kier molecular flexibility index (Phi) is 5.37. The van der Waals surface area contributed by atoms with Gasteiger partial charge in [0.1, 0.15) is 4.21 Å². The van der Waals surface area contributed by atoms with E-state index in [0.717, 1.165) is 23.3 Å². The number of hydrogen-bond acceptors (Lipinski definition) is 4. The van der Waals surface area contributed by atoms with E-state index >= 15 is 0 Å². The Bertz CT molecular complexity index is 629. The number of rotatable bonds is 7. The second kappa shape index (κ2) is 6.85. The first-order valence-corrected chi connectivity index (χ1v) is 9.87. The third kappa shape index (κ3) is 3.49. The van der Waals surface area contributed by atoms with Gasteiger partial charge in [0.25, 0.3) is 10.0 Å². The maximum Gasteiger partial charge on any atom is 0.252 e. The van der Waals surface area contributed by atoms with Crippen LogP contribution in [0.1, 0.15) is 30.7 Å². The number of hydrogen-bond donors (Lipinski definition) is 0. The highest BCUT2D eigenvalue weighted by Crippen LogP contribution is 2.26. The first kappa shape index (κ1) is 15.7. The number of sulfonamides is 1. The number of nitrogens with zero attached hydrogens (tertiary/aromatic N) is 1. The first-order valence-electron chi connectivity index (χ1n) is 6.67. The van der Waals surface area contributed by atoms with Crippen molar-refractivity contribution in [1.82, 2.24) is 4.31 Å². The first-order chi connectivity index (χ1) is 9.57. The Morgan fingerprint density at radius 1 is 1.20 bits per heavy atom. The minimum atomic E-state index is -3.37. The van der Waals surface area contributed by atoms with Crippen molar-refractivity contribution in [3.05, 3.63) is 39.4 Å². The van der Waals surface area contributed by atoms with E-state index < -0.39 is 10.0 Å². The third-order valence-electron chi connectivity index (χ3n) is 2.99. The lowest BCUT2D eigenvalue weighted by Crippen LogP contribution is -2.30. The van der Waals surface area contributed by atoms with E-state index in [9.17, 15) is 8.42 Å². The zero-order valence-electron chi connectivity index (χ0n) is 11.7. The summed E-state index contributed by atoms with van der Waals surface area (Å²) in [4.78, 5) is 1.11. The minimum absolute atomic E-state index is 0.457. The van der Waals surface area contributed by atoms with Crippen molar-refractivity contribution >= 4 is 32.7 Å². The van der Waals surface area contributed by atoms with Gasteiger partial charge in [-0.15, -0.1) is 11.3 Å². The van der Waals surface area contributed by atoms with Crippen molar-refractivity contribution in [3.8, 4) is 0 Å². The van der Waals surface area contributed by atoms with Gasteiger partial charge in [-0.25, -0.2) is 8.42 Å². The van der Waals surface area contributed by atoms with Gasteiger partial charge in [-0.05, 0) is 47.4 Å². The summed E-state index contributed by atoms with van der Waals surface area (Å²) >= 11 is 2.97. The Hall–Kier alpha value is -0.690. The molecular weight excluding hydrogens is 310 g/mol. The summed E-state index contributed by atoms with van der Waals surface area (Å²) in [6.45, 7) is 5.05. The predicted octanol–water partition coefficient (Wildman–Crippen LogP) is 3.97. The molecule has 0 bridgehead atoms. The summed E-state index contributed by atoms with van der Waals surface area (Å²) < 4.78 is 27.5. The number of aryl methyl sites for hydroxylation is 1. The van der Waals surface area contributed by atoms with E-state index in [4.69, 9.17) is 0 Å². The van der Waals surface area contributed by atoms with Crippen LogP contribution in [0.5, 0.6) is 0 Å². The van der Waals surface area contributed by atoms with Crippen molar-refractivity contribution in [3.63, 3.8) is 0 Å². The van der Waals surface area contributed by atoms with Gasteiger partial charge >= 0.3 is 0 Å². The summed E-state index contributed by atoms with van der Waals surface area (Å²) in [5, 5.41) is 3.98. The Morgan fingerprint density at radius 2 is 2.00 bits per heavy atom. The van der Waals surface area contributed by atoms with E-state index in [1.54, 1.807) is 21.7 Å². The largest absolute Gasteiger partial charge is 0.252 e. The average molecular weight is 330 g/mol. The molecule has 0 unspecified atom stereocenters. The van der Waals surface area contributed by atoms with Gasteiger partial charge in [0, 0.05) is 18.0 Å². The smallest absolute Gasteiger partial charge is 0.206 e. The second-order valence-corrected chi connectivity index (χ2v) is 8.66. The lowest BCUT2D eigenvalue weighted by Gasteiger charge is -2.20. The van der Waals surface area contributed by atoms with Gasteiger partial charge in [-0.3, -0.25) is 0 Å². The van der Waals surface area contributed by atoms with Gasteiger partial charge in [0.2, 0.25) is 0 Å². The van der Waals surface area contributed by atoms with Gasteiger partial charge in [-0.2, -0.15) is 15.6 Å². The summed E-state index contributed by atoms with van der Waals surface area (Å²) in [6.07, 6.45) is 1.69. The monoisotopic (exact) mass is 329 g/mol. The van der Waals surface area contributed by atoms with Gasteiger partial charge in [0.15, 0.2) is 0 Å². The molecule has 0 aliphatic rings. The highest BCUT2D eigenvalue weighted by atomic mass is 32.2. The molecule has 3 nitrogen and oxygen atoms in total. The fraction of sp³-hybridized carbons (Fsp3) is 0.429. The van der Waals surface area contributed by atoms with E-state index in [0.29, 0.717) is 17.3 Å². The van der Waals surface area contributed by atoms with Crippen molar-refractivity contribution in [2.45, 2.75) is 37.4 Å². The molecule has 0 saturated carbocycles. The molecule has 0 amide bonds. The third-order valence-corrected chi connectivity index (χ3v) is 7.27. The van der Waals surface area contributed by atoms with Crippen molar-refractivity contribution in [2.24, 2.45) is 0 Å². The minimum Gasteiger partial charge on any atom is -0.206 e. The molecule has 2 rings (SSSR count). The van der Waals surface area contributed by atoms with Gasteiger partial charge in [0.05, 0.1) is 0 Å². The van der Waals surface area contributed by atoms with Gasteiger partial charge < -0.3 is 0 Å². The van der Waals surface area contributed by atoms with Crippen LogP contribution in [0, 0.1) is 0 Å². The normalized spacial score (nSPS) is 12.2. The molecule has 0 spiro atoms. The fourth-order valence-corrected chi connectivity index (χ4v) is 5.56. The van der Waals surface area contributed by atoms with E-state index in [1.165, 1.54) is 11.3 Å². The summed E-state index contributed by atoms with van der Waals surface area (Å²) in [5.41, 5.74) is 1.05. The Balaban J connectivity index is 2.26. The van der Waals surface area contributed by atoms with Crippen LogP contribution in [0.3, 0.4) is 0 Å². The Labute approximate surface area is 128 Å². The lowest BCUT2D eigenvalue weighted by molar-refractivity contribution is 0.407. The van der Waals surface area contributed by atoms with Crippen LogP contribution in [-0.4, -0.2) is 19.3 Å². The molecule has 0 fully saturated rings. The maximum absolute atomic E-state index is 12.7. The SMILES string of the molecule is CCCN(Cc1ccsc1)S(=O)(=O)c1ccc(CC)s1. The molecular formula is C14H19NO2S3. The maximum atomic E-state index is 12.7. The van der Waals surface area contributed by atoms with E-state index in [2.05, 4.69) is 0 Å². The van der Waals surface area contributed by atoms with Crippen LogP contribution in [0.2, 0.25) is 0 Å². The molecule has 0 N–H and O–H groups in total. The summed E-state index contributed by atoms with van der Waals surface area (Å²) in [7, 11) is -3.37. The number of thiophene rings is 2. The van der Waals surface area contributed by atoms with E-state index in [1.807, 2.05) is 36.7 Å².